The van der Waals surface area contributed by atoms with Crippen molar-refractivity contribution < 1.29 is 13.9 Å². The van der Waals surface area contributed by atoms with Crippen molar-refractivity contribution in [2.45, 2.75) is 39.7 Å². The van der Waals surface area contributed by atoms with E-state index in [4.69, 9.17) is 0 Å². The highest BCUT2D eigenvalue weighted by atomic mass is 19.1. The second kappa shape index (κ2) is 6.35. The first-order valence-corrected chi connectivity index (χ1v) is 7.23. The van der Waals surface area contributed by atoms with Gasteiger partial charge in [0.15, 0.2) is 0 Å². The molecule has 0 saturated carbocycles. The van der Waals surface area contributed by atoms with E-state index in [-0.39, 0.29) is 5.56 Å². The van der Waals surface area contributed by atoms with Crippen LogP contribution in [0.2, 0.25) is 0 Å². The Hall–Kier alpha value is -1.74. The molecular formula is C18H20F2O. The number of halogens is 2. The van der Waals surface area contributed by atoms with E-state index in [1.807, 2.05) is 19.1 Å². The minimum absolute atomic E-state index is 0.111. The summed E-state index contributed by atoms with van der Waals surface area (Å²) in [4.78, 5) is 0. The maximum Gasteiger partial charge on any atom is 0.132 e. The maximum atomic E-state index is 13.9. The molecule has 1 unspecified atom stereocenters. The van der Waals surface area contributed by atoms with Crippen molar-refractivity contribution in [3.05, 3.63) is 69.8 Å². The second-order valence-electron chi connectivity index (χ2n) is 5.26. The molecule has 0 aliphatic carbocycles. The summed E-state index contributed by atoms with van der Waals surface area (Å²) < 4.78 is 27.2. The van der Waals surface area contributed by atoms with Crippen LogP contribution in [0.4, 0.5) is 8.78 Å². The third-order valence-corrected chi connectivity index (χ3v) is 3.88. The van der Waals surface area contributed by atoms with Crippen LogP contribution < -0.4 is 0 Å². The summed E-state index contributed by atoms with van der Waals surface area (Å²) in [5.74, 6) is -1.32. The van der Waals surface area contributed by atoms with Gasteiger partial charge in [0, 0.05) is 11.6 Å². The fraction of sp³-hybridized carbons (Fsp3) is 0.333. The second-order valence-corrected chi connectivity index (χ2v) is 5.26. The zero-order valence-corrected chi connectivity index (χ0v) is 12.6. The van der Waals surface area contributed by atoms with Crippen LogP contribution in [0.1, 0.15) is 47.8 Å². The molecule has 112 valence electrons. The van der Waals surface area contributed by atoms with E-state index in [2.05, 4.69) is 6.92 Å². The minimum atomic E-state index is -1.08. The maximum absolute atomic E-state index is 13.9. The van der Waals surface area contributed by atoms with Gasteiger partial charge in [0.25, 0.3) is 0 Å². The minimum Gasteiger partial charge on any atom is -0.384 e. The Balaban J connectivity index is 2.45. The van der Waals surface area contributed by atoms with Crippen LogP contribution in [0, 0.1) is 18.6 Å². The number of hydrogen-bond acceptors (Lipinski definition) is 1. The first kappa shape index (κ1) is 15.6. The van der Waals surface area contributed by atoms with Gasteiger partial charge in [-0.15, -0.1) is 0 Å². The van der Waals surface area contributed by atoms with Crippen molar-refractivity contribution >= 4 is 0 Å². The lowest BCUT2D eigenvalue weighted by Crippen LogP contribution is -2.06. The van der Waals surface area contributed by atoms with Gasteiger partial charge in [-0.2, -0.15) is 0 Å². The molecule has 0 spiro atoms. The fourth-order valence-electron chi connectivity index (χ4n) is 2.56. The molecule has 2 rings (SSSR count). The number of benzene rings is 2. The van der Waals surface area contributed by atoms with Crippen LogP contribution in [0.5, 0.6) is 0 Å². The summed E-state index contributed by atoms with van der Waals surface area (Å²) in [7, 11) is 0. The summed E-state index contributed by atoms with van der Waals surface area (Å²) in [6, 6.07) is 7.87. The van der Waals surface area contributed by atoms with E-state index < -0.39 is 17.7 Å². The highest BCUT2D eigenvalue weighted by Crippen LogP contribution is 2.28. The van der Waals surface area contributed by atoms with Crippen LogP contribution in [-0.2, 0) is 12.8 Å². The highest BCUT2D eigenvalue weighted by Gasteiger charge is 2.18. The lowest BCUT2D eigenvalue weighted by Gasteiger charge is -2.16. The van der Waals surface area contributed by atoms with E-state index in [1.165, 1.54) is 11.6 Å². The third kappa shape index (κ3) is 3.13. The molecule has 1 atom stereocenters. The van der Waals surface area contributed by atoms with Gasteiger partial charge in [-0.25, -0.2) is 8.78 Å². The van der Waals surface area contributed by atoms with Crippen molar-refractivity contribution in [3.8, 4) is 0 Å². The third-order valence-electron chi connectivity index (χ3n) is 3.88. The number of aliphatic hydroxyl groups excluding tert-OH is 1. The Morgan fingerprint density at radius 1 is 0.952 bits per heavy atom. The molecule has 0 aliphatic rings. The molecular weight excluding hydrogens is 270 g/mol. The van der Waals surface area contributed by atoms with Crippen LogP contribution in [0.25, 0.3) is 0 Å². The molecule has 0 aromatic heterocycles. The summed E-state index contributed by atoms with van der Waals surface area (Å²) in [5, 5.41) is 10.4. The Bertz CT molecular complexity index is 650. The summed E-state index contributed by atoms with van der Waals surface area (Å²) in [6.45, 7) is 5.68. The largest absolute Gasteiger partial charge is 0.384 e. The average molecular weight is 290 g/mol. The molecule has 0 aliphatic heterocycles. The molecule has 0 radical (unpaired) electrons. The van der Waals surface area contributed by atoms with Crippen LogP contribution in [0.15, 0.2) is 30.3 Å². The zero-order valence-electron chi connectivity index (χ0n) is 12.6. The van der Waals surface area contributed by atoms with Gasteiger partial charge in [-0.3, -0.25) is 0 Å². The Labute approximate surface area is 124 Å². The number of hydrogen-bond donors (Lipinski definition) is 1. The van der Waals surface area contributed by atoms with Gasteiger partial charge in [0.05, 0.1) is 0 Å². The quantitative estimate of drug-likeness (QED) is 0.880. The SMILES string of the molecule is CCc1ccc(C(O)c2cc(C)c(F)cc2F)cc1CC. The Morgan fingerprint density at radius 2 is 1.62 bits per heavy atom. The fourth-order valence-corrected chi connectivity index (χ4v) is 2.56. The molecule has 0 fully saturated rings. The van der Waals surface area contributed by atoms with Gasteiger partial charge in [-0.1, -0.05) is 32.0 Å². The molecule has 1 nitrogen and oxygen atoms in total. The van der Waals surface area contributed by atoms with Gasteiger partial charge in [0.2, 0.25) is 0 Å². The number of aryl methyl sites for hydroxylation is 3. The first-order chi connectivity index (χ1) is 9.97. The predicted octanol–water partition coefficient (Wildman–Crippen LogP) is 4.48. The summed E-state index contributed by atoms with van der Waals surface area (Å²) >= 11 is 0. The molecule has 1 N–H and O–H groups in total. The van der Waals surface area contributed by atoms with Gasteiger partial charge < -0.3 is 5.11 Å². The molecule has 0 bridgehead atoms. The lowest BCUT2D eigenvalue weighted by molar-refractivity contribution is 0.214. The lowest BCUT2D eigenvalue weighted by atomic mass is 9.94. The Morgan fingerprint density at radius 3 is 2.24 bits per heavy atom. The van der Waals surface area contributed by atoms with E-state index in [0.717, 1.165) is 24.5 Å². The molecule has 2 aromatic rings. The molecule has 0 heterocycles. The average Bonchev–Trinajstić information content (AvgIpc) is 2.49. The van der Waals surface area contributed by atoms with Crippen molar-refractivity contribution in [1.82, 2.24) is 0 Å². The van der Waals surface area contributed by atoms with Crippen molar-refractivity contribution in [2.24, 2.45) is 0 Å². The molecule has 3 heteroatoms. The number of rotatable bonds is 4. The van der Waals surface area contributed by atoms with E-state index in [9.17, 15) is 13.9 Å². The van der Waals surface area contributed by atoms with E-state index in [1.54, 1.807) is 13.0 Å². The van der Waals surface area contributed by atoms with E-state index in [0.29, 0.717) is 11.1 Å². The Kier molecular flexibility index (Phi) is 4.73. The standard InChI is InChI=1S/C18H20F2O/c1-4-12-6-7-14(9-13(12)5-2)18(21)15-8-11(3)16(19)10-17(15)20/h6-10,18,21H,4-5H2,1-3H3. The van der Waals surface area contributed by atoms with Crippen molar-refractivity contribution in [1.29, 1.82) is 0 Å². The number of aliphatic hydroxyl groups is 1. The summed E-state index contributed by atoms with van der Waals surface area (Å²) in [6.07, 6.45) is 0.693. The van der Waals surface area contributed by atoms with Crippen molar-refractivity contribution in [3.63, 3.8) is 0 Å². The van der Waals surface area contributed by atoms with Crippen LogP contribution in [0.3, 0.4) is 0 Å². The molecule has 0 amide bonds. The molecule has 2 aromatic carbocycles. The molecule has 0 saturated heterocycles. The highest BCUT2D eigenvalue weighted by molar-refractivity contribution is 5.38. The molecule has 21 heavy (non-hydrogen) atoms. The van der Waals surface area contributed by atoms with Crippen LogP contribution >= 0.6 is 0 Å². The normalized spacial score (nSPS) is 12.5. The topological polar surface area (TPSA) is 20.2 Å². The smallest absolute Gasteiger partial charge is 0.132 e. The monoisotopic (exact) mass is 290 g/mol. The van der Waals surface area contributed by atoms with Crippen molar-refractivity contribution in [2.75, 3.05) is 0 Å². The first-order valence-electron chi connectivity index (χ1n) is 7.23. The zero-order chi connectivity index (χ0) is 15.6. The van der Waals surface area contributed by atoms with Gasteiger partial charge in [-0.05, 0) is 48.1 Å². The summed E-state index contributed by atoms with van der Waals surface area (Å²) in [5.41, 5.74) is 3.44. The predicted molar refractivity (Wildman–Crippen MR) is 80.4 cm³/mol. The van der Waals surface area contributed by atoms with E-state index >= 15 is 0 Å². The van der Waals surface area contributed by atoms with Gasteiger partial charge >= 0.3 is 0 Å². The van der Waals surface area contributed by atoms with Crippen LogP contribution in [-0.4, -0.2) is 5.11 Å². The van der Waals surface area contributed by atoms with Gasteiger partial charge in [0.1, 0.15) is 17.7 Å².